The van der Waals surface area contributed by atoms with Crippen molar-refractivity contribution in [1.82, 2.24) is 5.32 Å². The third kappa shape index (κ3) is 4.24. The van der Waals surface area contributed by atoms with Crippen molar-refractivity contribution in [3.05, 3.63) is 64.2 Å². The quantitative estimate of drug-likeness (QED) is 0.862. The lowest BCUT2D eigenvalue weighted by atomic mass is 9.94. The molecular formula is C24H30N2. The van der Waals surface area contributed by atoms with Crippen LogP contribution in [0.15, 0.2) is 53.2 Å². The first-order valence-electron chi connectivity index (χ1n) is 9.73. The summed E-state index contributed by atoms with van der Waals surface area (Å²) in [6.45, 7) is 12.0. The molecule has 0 saturated heterocycles. The average molecular weight is 347 g/mol. The highest BCUT2D eigenvalue weighted by Gasteiger charge is 2.12. The van der Waals surface area contributed by atoms with Crippen molar-refractivity contribution >= 4 is 23.6 Å². The molecule has 1 N–H and O–H groups in total. The minimum Gasteiger partial charge on any atom is -0.387 e. The number of aliphatic imine (C=N–C) groups is 1. The first-order chi connectivity index (χ1) is 12.6. The Hall–Kier alpha value is -2.35. The first-order valence-corrected chi connectivity index (χ1v) is 9.73. The highest BCUT2D eigenvalue weighted by molar-refractivity contribution is 5.94. The van der Waals surface area contributed by atoms with Gasteiger partial charge in [0.2, 0.25) is 0 Å². The Balaban J connectivity index is 1.92. The predicted molar refractivity (Wildman–Crippen MR) is 114 cm³/mol. The van der Waals surface area contributed by atoms with Gasteiger partial charge in [-0.1, -0.05) is 56.9 Å². The summed E-state index contributed by atoms with van der Waals surface area (Å²) >= 11 is 0. The van der Waals surface area contributed by atoms with Crippen molar-refractivity contribution in [2.45, 2.75) is 46.5 Å². The number of benzene rings is 1. The lowest BCUT2D eigenvalue weighted by Crippen LogP contribution is -2.35. The second-order valence-corrected chi connectivity index (χ2v) is 7.38. The van der Waals surface area contributed by atoms with Crippen LogP contribution >= 0.6 is 0 Å². The molecule has 136 valence electrons. The van der Waals surface area contributed by atoms with Crippen LogP contribution in [0.3, 0.4) is 0 Å². The number of nitrogens with one attached hydrogen (secondary N) is 1. The summed E-state index contributed by atoms with van der Waals surface area (Å²) in [5.74, 6) is 0.582. The summed E-state index contributed by atoms with van der Waals surface area (Å²) in [5, 5.41) is 5.83. The van der Waals surface area contributed by atoms with Crippen LogP contribution in [0.1, 0.15) is 52.0 Å². The van der Waals surface area contributed by atoms with E-state index in [1.165, 1.54) is 38.6 Å². The summed E-state index contributed by atoms with van der Waals surface area (Å²) in [6, 6.07) is 6.47. The van der Waals surface area contributed by atoms with Gasteiger partial charge in [-0.25, -0.2) is 0 Å². The van der Waals surface area contributed by atoms with Crippen molar-refractivity contribution in [2.75, 3.05) is 6.54 Å². The zero-order valence-electron chi connectivity index (χ0n) is 16.3. The molecular weight excluding hydrogens is 316 g/mol. The van der Waals surface area contributed by atoms with E-state index in [-0.39, 0.29) is 0 Å². The van der Waals surface area contributed by atoms with Gasteiger partial charge in [-0.15, -0.1) is 0 Å². The Morgan fingerprint density at radius 1 is 1.35 bits per heavy atom. The van der Waals surface area contributed by atoms with Crippen molar-refractivity contribution in [3.8, 4) is 0 Å². The molecule has 1 atom stereocenters. The fraction of sp³-hybridized carbons (Fsp3) is 0.375. The molecule has 2 aliphatic rings. The number of hydrogen-bond donors (Lipinski definition) is 1. The molecule has 1 aromatic rings. The van der Waals surface area contributed by atoms with E-state index in [2.05, 4.69) is 75.3 Å². The van der Waals surface area contributed by atoms with Crippen molar-refractivity contribution < 1.29 is 0 Å². The topological polar surface area (TPSA) is 24.4 Å². The SMILES string of the molecule is C=C(CC1=N/C(CC)=C(C)/C=C\C(C)CC1)c1cccc2c1=CCNC=2. The molecule has 0 aliphatic carbocycles. The normalized spacial score (nSPS) is 23.8. The van der Waals surface area contributed by atoms with Gasteiger partial charge >= 0.3 is 0 Å². The molecule has 0 aromatic heterocycles. The molecule has 0 saturated carbocycles. The number of rotatable bonds is 4. The summed E-state index contributed by atoms with van der Waals surface area (Å²) in [7, 11) is 0. The van der Waals surface area contributed by atoms with Crippen LogP contribution in [0.4, 0.5) is 0 Å². The van der Waals surface area contributed by atoms with E-state index in [0.717, 1.165) is 32.2 Å². The van der Waals surface area contributed by atoms with Crippen LogP contribution in [0, 0.1) is 5.92 Å². The number of allylic oxidation sites excluding steroid dienone is 5. The van der Waals surface area contributed by atoms with Gasteiger partial charge in [0.25, 0.3) is 0 Å². The fourth-order valence-corrected chi connectivity index (χ4v) is 3.63. The molecule has 26 heavy (non-hydrogen) atoms. The molecule has 0 fully saturated rings. The fourth-order valence-electron chi connectivity index (χ4n) is 3.63. The summed E-state index contributed by atoms with van der Waals surface area (Å²) in [6.07, 6.45) is 12.9. The molecule has 2 aliphatic heterocycles. The molecule has 0 spiro atoms. The van der Waals surface area contributed by atoms with Crippen molar-refractivity contribution in [1.29, 1.82) is 0 Å². The number of fused-ring (bicyclic) bond motifs is 1. The lowest BCUT2D eigenvalue weighted by Gasteiger charge is -2.14. The molecule has 0 amide bonds. The van der Waals surface area contributed by atoms with E-state index in [1.807, 2.05) is 0 Å². The Bertz CT molecular complexity index is 897. The molecule has 0 bridgehead atoms. The van der Waals surface area contributed by atoms with E-state index < -0.39 is 0 Å². The highest BCUT2D eigenvalue weighted by atomic mass is 14.8. The van der Waals surface area contributed by atoms with Gasteiger partial charge in [0.15, 0.2) is 0 Å². The third-order valence-corrected chi connectivity index (χ3v) is 5.27. The van der Waals surface area contributed by atoms with Crippen LogP contribution in [0.25, 0.3) is 17.8 Å². The summed E-state index contributed by atoms with van der Waals surface area (Å²) in [4.78, 5) is 5.06. The van der Waals surface area contributed by atoms with Gasteiger partial charge in [-0.05, 0) is 59.3 Å². The smallest absolute Gasteiger partial charge is 0.0429 e. The minimum atomic E-state index is 0.582. The molecule has 1 unspecified atom stereocenters. The highest BCUT2D eigenvalue weighted by Crippen LogP contribution is 2.22. The standard InChI is InChI=1S/C24H30N2/c1-5-24-18(3)11-9-17(2)10-12-21(26-24)15-19(4)22-8-6-7-20-16-25-14-13-23(20)22/h6-9,11,13,16-17,25H,4-5,10,12,14-15H2,1-3H3/b11-9-,24-18+,26-21?. The van der Waals surface area contributed by atoms with Gasteiger partial charge in [0.05, 0.1) is 0 Å². The first kappa shape index (κ1) is 18.4. The third-order valence-electron chi connectivity index (χ3n) is 5.27. The van der Waals surface area contributed by atoms with Gasteiger partial charge in [-0.3, -0.25) is 4.99 Å². The van der Waals surface area contributed by atoms with E-state index in [4.69, 9.17) is 4.99 Å². The van der Waals surface area contributed by atoms with Crippen molar-refractivity contribution in [2.24, 2.45) is 10.9 Å². The maximum Gasteiger partial charge on any atom is 0.0429 e. The second-order valence-electron chi connectivity index (χ2n) is 7.38. The molecule has 2 heteroatoms. The Kier molecular flexibility index (Phi) is 5.92. The Morgan fingerprint density at radius 2 is 2.19 bits per heavy atom. The number of hydrogen-bond acceptors (Lipinski definition) is 2. The van der Waals surface area contributed by atoms with Crippen LogP contribution in [-0.2, 0) is 0 Å². The Labute approximate surface area is 157 Å². The largest absolute Gasteiger partial charge is 0.387 e. The van der Waals surface area contributed by atoms with E-state index in [1.54, 1.807) is 0 Å². The Morgan fingerprint density at radius 3 is 3.00 bits per heavy atom. The molecule has 0 radical (unpaired) electrons. The predicted octanol–water partition coefficient (Wildman–Crippen LogP) is 4.32. The van der Waals surface area contributed by atoms with Gasteiger partial charge in [-0.2, -0.15) is 0 Å². The summed E-state index contributed by atoms with van der Waals surface area (Å²) in [5.41, 5.74) is 6.18. The van der Waals surface area contributed by atoms with E-state index in [0.29, 0.717) is 5.92 Å². The van der Waals surface area contributed by atoms with Crippen LogP contribution in [-0.4, -0.2) is 12.3 Å². The summed E-state index contributed by atoms with van der Waals surface area (Å²) < 4.78 is 0. The van der Waals surface area contributed by atoms with Crippen LogP contribution in [0.2, 0.25) is 0 Å². The number of nitrogens with zero attached hydrogens (tertiary/aromatic N) is 1. The minimum absolute atomic E-state index is 0.582. The molecule has 1 aromatic carbocycles. The maximum absolute atomic E-state index is 5.06. The molecule has 2 nitrogen and oxygen atoms in total. The van der Waals surface area contributed by atoms with E-state index in [9.17, 15) is 0 Å². The van der Waals surface area contributed by atoms with Gasteiger partial charge in [0.1, 0.15) is 0 Å². The molecule has 3 rings (SSSR count). The maximum atomic E-state index is 5.06. The monoisotopic (exact) mass is 346 g/mol. The zero-order chi connectivity index (χ0) is 18.5. The molecule has 2 heterocycles. The van der Waals surface area contributed by atoms with E-state index >= 15 is 0 Å². The van der Waals surface area contributed by atoms with Crippen LogP contribution < -0.4 is 15.8 Å². The van der Waals surface area contributed by atoms with Gasteiger partial charge < -0.3 is 5.32 Å². The van der Waals surface area contributed by atoms with Gasteiger partial charge in [0, 0.05) is 30.6 Å². The zero-order valence-corrected chi connectivity index (χ0v) is 16.3. The lowest BCUT2D eigenvalue weighted by molar-refractivity contribution is 0.668. The average Bonchev–Trinajstić information content (AvgIpc) is 2.72. The van der Waals surface area contributed by atoms with Crippen molar-refractivity contribution in [3.63, 3.8) is 0 Å². The van der Waals surface area contributed by atoms with Crippen LogP contribution in [0.5, 0.6) is 0 Å². The second kappa shape index (κ2) is 8.35.